The normalized spacial score (nSPS) is 11.0. The van der Waals surface area contributed by atoms with Crippen molar-refractivity contribution in [1.29, 1.82) is 5.41 Å². The number of rotatable bonds is 5. The van der Waals surface area contributed by atoms with Crippen LogP contribution in [0.1, 0.15) is 6.92 Å². The third-order valence-electron chi connectivity index (χ3n) is 3.69. The Morgan fingerprint density at radius 3 is 2.27 bits per heavy atom. The largest absolute Gasteiger partial charge is 0.492 e. The number of aromatic nitrogens is 2. The molecular formula is C17H18FN3O. The molecule has 0 radical (unpaired) electrons. The van der Waals surface area contributed by atoms with E-state index in [0.717, 1.165) is 17.6 Å². The Hall–Kier alpha value is -2.56. The van der Waals surface area contributed by atoms with Gasteiger partial charge in [-0.25, -0.2) is 4.39 Å². The number of imidazole rings is 1. The van der Waals surface area contributed by atoms with E-state index in [-0.39, 0.29) is 5.82 Å². The molecule has 0 atom stereocenters. The molecule has 0 aliphatic heterocycles. The van der Waals surface area contributed by atoms with Crippen molar-refractivity contribution in [2.24, 2.45) is 0 Å². The summed E-state index contributed by atoms with van der Waals surface area (Å²) in [4.78, 5) is 0. The van der Waals surface area contributed by atoms with Gasteiger partial charge in [-0.05, 0) is 43.3 Å². The van der Waals surface area contributed by atoms with Crippen LogP contribution < -0.4 is 10.4 Å². The third-order valence-corrected chi connectivity index (χ3v) is 3.69. The molecule has 3 aromatic rings. The van der Waals surface area contributed by atoms with E-state index < -0.39 is 0 Å². The van der Waals surface area contributed by atoms with Gasteiger partial charge in [0.25, 0.3) is 0 Å². The van der Waals surface area contributed by atoms with E-state index in [1.807, 2.05) is 40.3 Å². The Morgan fingerprint density at radius 2 is 1.64 bits per heavy atom. The smallest absolute Gasteiger partial charge is 0.203 e. The van der Waals surface area contributed by atoms with Gasteiger partial charge in [0.15, 0.2) is 0 Å². The van der Waals surface area contributed by atoms with Gasteiger partial charge >= 0.3 is 0 Å². The van der Waals surface area contributed by atoms with Crippen molar-refractivity contribution in [3.63, 3.8) is 0 Å². The minimum Gasteiger partial charge on any atom is -0.492 e. The number of para-hydroxylation sites is 2. The molecule has 0 fully saturated rings. The van der Waals surface area contributed by atoms with E-state index in [1.165, 1.54) is 12.1 Å². The van der Waals surface area contributed by atoms with Crippen LogP contribution in [0.5, 0.6) is 5.75 Å². The van der Waals surface area contributed by atoms with Crippen LogP contribution >= 0.6 is 0 Å². The van der Waals surface area contributed by atoms with Gasteiger partial charge in [0.2, 0.25) is 5.62 Å². The first kappa shape index (κ1) is 14.4. The molecule has 0 spiro atoms. The van der Waals surface area contributed by atoms with Crippen molar-refractivity contribution in [3.05, 3.63) is 60.0 Å². The van der Waals surface area contributed by atoms with Crippen molar-refractivity contribution in [1.82, 2.24) is 9.13 Å². The number of nitrogens with one attached hydrogen (secondary N) is 1. The van der Waals surface area contributed by atoms with E-state index in [2.05, 4.69) is 0 Å². The first-order valence-corrected chi connectivity index (χ1v) is 7.31. The fraction of sp³-hybridized carbons (Fsp3) is 0.235. The zero-order chi connectivity index (χ0) is 15.5. The zero-order valence-corrected chi connectivity index (χ0v) is 12.4. The molecule has 0 saturated carbocycles. The van der Waals surface area contributed by atoms with E-state index in [9.17, 15) is 4.39 Å². The first-order chi connectivity index (χ1) is 10.7. The Morgan fingerprint density at radius 1 is 1.00 bits per heavy atom. The molecular weight excluding hydrogens is 281 g/mol. The number of fused-ring (bicyclic) bond motifs is 1. The molecule has 0 aliphatic rings. The van der Waals surface area contributed by atoms with Crippen molar-refractivity contribution in [2.75, 3.05) is 6.61 Å². The van der Waals surface area contributed by atoms with Crippen LogP contribution in [0.2, 0.25) is 0 Å². The maximum atomic E-state index is 12.9. The van der Waals surface area contributed by atoms with Crippen molar-refractivity contribution < 1.29 is 9.13 Å². The lowest BCUT2D eigenvalue weighted by molar-refractivity contribution is 0.296. The van der Waals surface area contributed by atoms with Gasteiger partial charge in [-0.3, -0.25) is 5.41 Å². The van der Waals surface area contributed by atoms with Crippen molar-refractivity contribution in [2.45, 2.75) is 20.0 Å². The lowest BCUT2D eigenvalue weighted by Gasteiger charge is -2.07. The predicted molar refractivity (Wildman–Crippen MR) is 83.4 cm³/mol. The van der Waals surface area contributed by atoms with Gasteiger partial charge < -0.3 is 13.9 Å². The molecule has 0 saturated heterocycles. The molecule has 2 aromatic carbocycles. The summed E-state index contributed by atoms with van der Waals surface area (Å²) in [5, 5.41) is 8.31. The summed E-state index contributed by atoms with van der Waals surface area (Å²) in [5.41, 5.74) is 2.54. The molecule has 0 amide bonds. The highest BCUT2D eigenvalue weighted by Gasteiger charge is 2.08. The average Bonchev–Trinajstić information content (AvgIpc) is 2.81. The molecule has 5 heteroatoms. The van der Waals surface area contributed by atoms with Gasteiger partial charge in [0, 0.05) is 6.54 Å². The standard InChI is InChI=1S/C17H18FN3O/c1-2-20-15-5-3-4-6-16(15)21(17(20)19)11-12-22-14-9-7-13(18)8-10-14/h3-10,19H,2,11-12H2,1H3. The minimum atomic E-state index is -0.277. The lowest BCUT2D eigenvalue weighted by atomic mass is 10.3. The molecule has 1 aromatic heterocycles. The second kappa shape index (κ2) is 6.05. The first-order valence-electron chi connectivity index (χ1n) is 7.31. The summed E-state index contributed by atoms with van der Waals surface area (Å²) >= 11 is 0. The average molecular weight is 299 g/mol. The fourth-order valence-electron chi connectivity index (χ4n) is 2.63. The topological polar surface area (TPSA) is 42.9 Å². The Bertz CT molecular complexity index is 833. The van der Waals surface area contributed by atoms with Gasteiger partial charge in [-0.2, -0.15) is 0 Å². The van der Waals surface area contributed by atoms with Crippen LogP contribution in [-0.2, 0) is 13.1 Å². The Labute approximate surface area is 127 Å². The predicted octanol–water partition coefficient (Wildman–Crippen LogP) is 3.16. The van der Waals surface area contributed by atoms with Crippen molar-refractivity contribution in [3.8, 4) is 5.75 Å². The molecule has 1 N–H and O–H groups in total. The zero-order valence-electron chi connectivity index (χ0n) is 12.4. The van der Waals surface area contributed by atoms with Crippen molar-refractivity contribution >= 4 is 11.0 Å². The van der Waals surface area contributed by atoms with Crippen LogP contribution in [0.15, 0.2) is 48.5 Å². The summed E-state index contributed by atoms with van der Waals surface area (Å²) < 4.78 is 22.4. The number of aryl methyl sites for hydroxylation is 1. The lowest BCUT2D eigenvalue weighted by Crippen LogP contribution is -2.26. The maximum Gasteiger partial charge on any atom is 0.203 e. The highest BCUT2D eigenvalue weighted by Crippen LogP contribution is 2.14. The van der Waals surface area contributed by atoms with Crippen LogP contribution in [-0.4, -0.2) is 15.7 Å². The number of halogens is 1. The van der Waals surface area contributed by atoms with E-state index in [0.29, 0.717) is 24.5 Å². The van der Waals surface area contributed by atoms with Gasteiger partial charge in [-0.15, -0.1) is 0 Å². The number of hydrogen-bond acceptors (Lipinski definition) is 2. The van der Waals surface area contributed by atoms with E-state index in [4.69, 9.17) is 10.1 Å². The fourth-order valence-corrected chi connectivity index (χ4v) is 2.63. The second-order valence-electron chi connectivity index (χ2n) is 5.01. The Kier molecular flexibility index (Phi) is 3.96. The molecule has 0 unspecified atom stereocenters. The van der Waals surface area contributed by atoms with Crippen LogP contribution in [0.3, 0.4) is 0 Å². The van der Waals surface area contributed by atoms with E-state index >= 15 is 0 Å². The molecule has 1 heterocycles. The summed E-state index contributed by atoms with van der Waals surface area (Å²) in [6, 6.07) is 14.0. The van der Waals surface area contributed by atoms with Crippen LogP contribution in [0.4, 0.5) is 4.39 Å². The number of hydrogen-bond donors (Lipinski definition) is 1. The minimum absolute atomic E-state index is 0.277. The van der Waals surface area contributed by atoms with Crippen LogP contribution in [0.25, 0.3) is 11.0 Å². The number of ether oxygens (including phenoxy) is 1. The second-order valence-corrected chi connectivity index (χ2v) is 5.01. The molecule has 3 rings (SSSR count). The maximum absolute atomic E-state index is 12.9. The number of nitrogens with zero attached hydrogens (tertiary/aromatic N) is 2. The van der Waals surface area contributed by atoms with Gasteiger partial charge in [-0.1, -0.05) is 12.1 Å². The molecule has 0 bridgehead atoms. The summed E-state index contributed by atoms with van der Waals surface area (Å²) in [6.07, 6.45) is 0. The third kappa shape index (κ3) is 2.62. The molecule has 22 heavy (non-hydrogen) atoms. The molecule has 4 nitrogen and oxygen atoms in total. The highest BCUT2D eigenvalue weighted by molar-refractivity contribution is 5.75. The number of benzene rings is 2. The Balaban J connectivity index is 1.81. The van der Waals surface area contributed by atoms with Gasteiger partial charge in [0.05, 0.1) is 17.6 Å². The van der Waals surface area contributed by atoms with E-state index in [1.54, 1.807) is 12.1 Å². The molecule has 114 valence electrons. The monoisotopic (exact) mass is 299 g/mol. The molecule has 0 aliphatic carbocycles. The summed E-state index contributed by atoms with van der Waals surface area (Å²) in [7, 11) is 0. The van der Waals surface area contributed by atoms with Gasteiger partial charge in [0.1, 0.15) is 18.2 Å². The SMILES string of the molecule is CCn1c(=N)n(CCOc2ccc(F)cc2)c2ccccc21. The van der Waals surface area contributed by atoms with Crippen LogP contribution in [0, 0.1) is 11.2 Å². The summed E-state index contributed by atoms with van der Waals surface area (Å²) in [5.74, 6) is 0.356. The highest BCUT2D eigenvalue weighted by atomic mass is 19.1. The quantitative estimate of drug-likeness (QED) is 0.772. The summed E-state index contributed by atoms with van der Waals surface area (Å²) in [6.45, 7) is 3.79.